The van der Waals surface area contributed by atoms with Gasteiger partial charge in [0.2, 0.25) is 0 Å². The molecule has 0 atom stereocenters. The van der Waals surface area contributed by atoms with Gasteiger partial charge in [-0.3, -0.25) is 17.4 Å². The third-order valence-corrected chi connectivity index (χ3v) is 20.7. The van der Waals surface area contributed by atoms with E-state index in [1.165, 1.54) is 0 Å². The topological polar surface area (TPSA) is 153 Å². The van der Waals surface area contributed by atoms with Crippen LogP contribution in [-0.4, -0.2) is 67.7 Å². The smallest absolute Gasteiger partial charge is 0.355 e. The second-order valence-corrected chi connectivity index (χ2v) is 27.1. The number of hydrogen-bond acceptors (Lipinski definition) is 11. The van der Waals surface area contributed by atoms with E-state index >= 15 is 0 Å². The number of fused-ring (bicyclic) bond motifs is 6. The molecule has 0 fully saturated rings. The van der Waals surface area contributed by atoms with Crippen LogP contribution >= 0.6 is 16.9 Å². The van der Waals surface area contributed by atoms with Gasteiger partial charge in [-0.2, -0.15) is 0 Å². The van der Waals surface area contributed by atoms with E-state index in [1.807, 2.05) is 57.2 Å². The highest BCUT2D eigenvalue weighted by atomic mass is 31.2. The van der Waals surface area contributed by atoms with Gasteiger partial charge in [-0.05, 0) is 160 Å². The Bertz CT molecular complexity index is 3210. The van der Waals surface area contributed by atoms with Gasteiger partial charge >= 0.3 is 40.8 Å². The lowest BCUT2D eigenvalue weighted by Gasteiger charge is -2.40. The van der Waals surface area contributed by atoms with E-state index in [-0.39, 0.29) is 26.4 Å². The zero-order valence-corrected chi connectivity index (χ0v) is 53.8. The van der Waals surface area contributed by atoms with Crippen LogP contribution in [0, 0.1) is 27.7 Å². The highest BCUT2D eigenvalue weighted by Gasteiger charge is 2.47. The fraction of sp³-hybridized carbons (Fsp3) is 0.508. The van der Waals surface area contributed by atoms with Gasteiger partial charge in [0.1, 0.15) is 22.8 Å². The highest BCUT2D eigenvalue weighted by molar-refractivity contribution is 7.50. The molecular formula is C65H84N4O11P2. The molecule has 3 aliphatic rings. The Balaban J connectivity index is 1.35. The van der Waals surface area contributed by atoms with Crippen LogP contribution in [0.5, 0.6) is 23.0 Å². The number of rotatable bonds is 16. The number of carbonyl (C=O) groups is 4. The fourth-order valence-corrected chi connectivity index (χ4v) is 17.2. The van der Waals surface area contributed by atoms with Gasteiger partial charge in [0.15, 0.2) is 23.0 Å². The molecule has 6 aromatic rings. The molecule has 3 aliphatic heterocycles. The van der Waals surface area contributed by atoms with Crippen molar-refractivity contribution in [1.82, 2.24) is 17.4 Å². The van der Waals surface area contributed by atoms with Crippen LogP contribution in [0.25, 0.3) is 0 Å². The summed E-state index contributed by atoms with van der Waals surface area (Å²) < 4.78 is 54.5. The second-order valence-electron chi connectivity index (χ2n) is 24.1. The molecular weight excluding hydrogens is 1070 g/mol. The first-order valence-electron chi connectivity index (χ1n) is 29.4. The third-order valence-electron chi connectivity index (χ3n) is 16.9. The standard InChI is InChI=1S/C65H84N4O11P2/c1-21-41-35(9)53(59(70)74-25-5)66-47(41)33-48-42(22-2)36(10)54(60(71)75-26-6)67(48)81(66)79-51-31-39(63(13,14)15)29-45-57(51)78-58-46(65(45,19)20)30-40(64(16,17)18)32-52(58)80-82-68-49(43(23-3)37(11)55(68)61(72)76-27-7)34-50-44(24-4)38(12)56(69(50)82)62(73)77-28-8/h29-32H,21-28,33-34H2,1-20H3. The van der Waals surface area contributed by atoms with Gasteiger partial charge in [-0.1, -0.05) is 95.2 Å². The molecule has 7 heterocycles. The molecule has 9 rings (SSSR count). The predicted molar refractivity (Wildman–Crippen MR) is 323 cm³/mol. The summed E-state index contributed by atoms with van der Waals surface area (Å²) >= 11 is 0. The van der Waals surface area contributed by atoms with Crippen molar-refractivity contribution in [1.29, 1.82) is 0 Å². The second kappa shape index (κ2) is 22.4. The van der Waals surface area contributed by atoms with Gasteiger partial charge in [-0.25, -0.2) is 19.2 Å². The fourth-order valence-electron chi connectivity index (χ4n) is 12.7. The molecule has 17 heteroatoms. The molecule has 0 aliphatic carbocycles. The highest BCUT2D eigenvalue weighted by Crippen LogP contribution is 2.63. The molecule has 4 aromatic heterocycles. The predicted octanol–water partition coefficient (Wildman–Crippen LogP) is 15.3. The summed E-state index contributed by atoms with van der Waals surface area (Å²) in [6.07, 6.45) is 3.50. The van der Waals surface area contributed by atoms with Crippen LogP contribution in [0.15, 0.2) is 24.3 Å². The zero-order valence-electron chi connectivity index (χ0n) is 52.1. The quantitative estimate of drug-likeness (QED) is 0.0517. The summed E-state index contributed by atoms with van der Waals surface area (Å²) in [5, 5.41) is 0. The van der Waals surface area contributed by atoms with Crippen LogP contribution in [0.2, 0.25) is 0 Å². The van der Waals surface area contributed by atoms with Gasteiger partial charge in [0, 0.05) is 52.2 Å². The molecule has 0 bridgehead atoms. The lowest BCUT2D eigenvalue weighted by Crippen LogP contribution is -2.29. The molecule has 0 amide bonds. The summed E-state index contributed by atoms with van der Waals surface area (Å²) in [5.41, 5.74) is 14.7. The van der Waals surface area contributed by atoms with Crippen molar-refractivity contribution in [3.05, 3.63) is 137 Å². The van der Waals surface area contributed by atoms with Crippen LogP contribution in [0.1, 0.15) is 242 Å². The van der Waals surface area contributed by atoms with E-state index in [4.69, 9.17) is 32.7 Å². The lowest BCUT2D eigenvalue weighted by atomic mass is 9.72. The van der Waals surface area contributed by atoms with Gasteiger partial charge in [-0.15, -0.1) is 0 Å². The molecule has 0 saturated heterocycles. The Morgan fingerprint density at radius 2 is 0.720 bits per heavy atom. The van der Waals surface area contributed by atoms with Crippen LogP contribution in [0.3, 0.4) is 0 Å². The van der Waals surface area contributed by atoms with E-state index in [0.717, 1.165) is 89.5 Å². The van der Waals surface area contributed by atoms with Crippen LogP contribution < -0.4 is 13.8 Å². The molecule has 0 N–H and O–H groups in total. The largest absolute Gasteiger partial charge is 0.461 e. The van der Waals surface area contributed by atoms with Crippen LogP contribution in [-0.2, 0) is 73.7 Å². The van der Waals surface area contributed by atoms with Gasteiger partial charge < -0.3 is 32.7 Å². The van der Waals surface area contributed by atoms with Gasteiger partial charge in [0.25, 0.3) is 0 Å². The number of esters is 4. The molecule has 440 valence electrons. The summed E-state index contributed by atoms with van der Waals surface area (Å²) in [6, 6.07) is 8.49. The molecule has 0 unspecified atom stereocenters. The Hall–Kier alpha value is -6.30. The molecule has 0 spiro atoms. The number of ether oxygens (including phenoxy) is 5. The number of carbonyl (C=O) groups excluding carboxylic acids is 4. The number of benzene rings is 2. The Morgan fingerprint density at radius 3 is 0.939 bits per heavy atom. The Kier molecular flexibility index (Phi) is 16.4. The first kappa shape index (κ1) is 60.3. The average Bonchev–Trinajstić information content (AvgIpc) is 3.64. The van der Waals surface area contributed by atoms with Crippen LogP contribution in [0.4, 0.5) is 0 Å². The maximum Gasteiger partial charge on any atom is 0.355 e. The Labute approximate surface area is 487 Å². The van der Waals surface area contributed by atoms with E-state index in [0.29, 0.717) is 84.3 Å². The molecule has 0 saturated carbocycles. The maximum absolute atomic E-state index is 14.5. The van der Waals surface area contributed by atoms with Crippen molar-refractivity contribution in [2.75, 3.05) is 26.4 Å². The first-order valence-corrected chi connectivity index (χ1v) is 31.7. The van der Waals surface area contributed by atoms with Crippen molar-refractivity contribution in [2.24, 2.45) is 0 Å². The number of hydrogen-bond donors (Lipinski definition) is 0. The van der Waals surface area contributed by atoms with E-state index < -0.39 is 57.0 Å². The summed E-state index contributed by atoms with van der Waals surface area (Å²) in [5.74, 6) is -0.230. The normalized spacial score (nSPS) is 14.4. The van der Waals surface area contributed by atoms with Crippen molar-refractivity contribution in [3.63, 3.8) is 0 Å². The van der Waals surface area contributed by atoms with Crippen molar-refractivity contribution in [3.8, 4) is 23.0 Å². The summed E-state index contributed by atoms with van der Waals surface area (Å²) in [4.78, 5) is 58.0. The van der Waals surface area contributed by atoms with Crippen molar-refractivity contribution < 1.29 is 51.9 Å². The minimum Gasteiger partial charge on any atom is -0.461 e. The monoisotopic (exact) mass is 1160 g/mol. The third kappa shape index (κ3) is 9.57. The molecule has 2 aromatic carbocycles. The van der Waals surface area contributed by atoms with Crippen molar-refractivity contribution >= 4 is 40.8 Å². The van der Waals surface area contributed by atoms with Gasteiger partial charge in [0.05, 0.1) is 26.4 Å². The summed E-state index contributed by atoms with van der Waals surface area (Å²) in [7, 11) is -4.35. The molecule has 82 heavy (non-hydrogen) atoms. The average molecular weight is 1160 g/mol. The maximum atomic E-state index is 14.5. The SMILES string of the molecule is CCOC(=O)c1c(C)c(CC)c2n1P(Oc1cc(C(C)(C)C)cc3c1Oc1c(OP4n5c(c(CC)c(C)c5C(=O)OCC)Cc5c(CC)c(C)c(C(=O)OCC)n54)cc(C(C)(C)C)cc1C3(C)C)n1c(c(CC)c(C)c1C(=O)OCC)C2. The Morgan fingerprint density at radius 1 is 0.463 bits per heavy atom. The number of nitrogens with zero attached hydrogens (tertiary/aromatic N) is 4. The minimum absolute atomic E-state index is 0.165. The van der Waals surface area contributed by atoms with Crippen molar-refractivity contribution in [2.45, 2.75) is 193 Å². The number of aromatic nitrogens is 4. The van der Waals surface area contributed by atoms with E-state index in [1.54, 1.807) is 27.7 Å². The first-order chi connectivity index (χ1) is 38.7. The minimum atomic E-state index is -2.17. The van der Waals surface area contributed by atoms with E-state index in [2.05, 4.69) is 95.2 Å². The lowest BCUT2D eigenvalue weighted by molar-refractivity contribution is 0.0505. The zero-order chi connectivity index (χ0) is 60.0. The molecule has 15 nitrogen and oxygen atoms in total. The summed E-state index contributed by atoms with van der Waals surface area (Å²) in [6.45, 7) is 41.5. The molecule has 0 radical (unpaired) electrons. The van der Waals surface area contributed by atoms with E-state index in [9.17, 15) is 19.2 Å².